The van der Waals surface area contributed by atoms with Gasteiger partial charge in [0.1, 0.15) is 24.2 Å². The minimum Gasteiger partial charge on any atom is -0.506 e. The van der Waals surface area contributed by atoms with Crippen molar-refractivity contribution in [2.75, 3.05) is 45.9 Å². The van der Waals surface area contributed by atoms with E-state index in [1.807, 2.05) is 83.8 Å². The number of phenolic OH excluding ortho intramolecular Hbond substituents is 1. The lowest BCUT2D eigenvalue weighted by Gasteiger charge is -2.41. The predicted octanol–water partition coefficient (Wildman–Crippen LogP) is 4.79. The zero-order valence-electron chi connectivity index (χ0n) is 32.1. The van der Waals surface area contributed by atoms with Crippen LogP contribution in [0.5, 0.6) is 11.5 Å². The van der Waals surface area contributed by atoms with E-state index >= 15 is 0 Å². The fourth-order valence-corrected chi connectivity index (χ4v) is 8.32. The summed E-state index contributed by atoms with van der Waals surface area (Å²) in [6.45, 7) is 4.42. The molecule has 0 spiro atoms. The normalized spacial score (nSPS) is 20.6. The summed E-state index contributed by atoms with van der Waals surface area (Å²) in [5, 5.41) is 31.7. The summed E-state index contributed by atoms with van der Waals surface area (Å²) < 4.78 is 18.0. The molecule has 58 heavy (non-hydrogen) atoms. The van der Waals surface area contributed by atoms with Gasteiger partial charge in [-0.15, -0.1) is 0 Å². The van der Waals surface area contributed by atoms with Crippen molar-refractivity contribution in [2.24, 2.45) is 11.8 Å². The molecule has 1 aromatic heterocycles. The topological polar surface area (TPSA) is 174 Å². The molecular formula is C45H49N5O8. The lowest BCUT2D eigenvalue weighted by Crippen LogP contribution is -2.56. The molecule has 5 aromatic rings. The first-order valence-corrected chi connectivity index (χ1v) is 20.0. The van der Waals surface area contributed by atoms with Crippen LogP contribution in [0.4, 0.5) is 4.79 Å². The summed E-state index contributed by atoms with van der Waals surface area (Å²) >= 11 is 0. The van der Waals surface area contributed by atoms with E-state index in [2.05, 4.69) is 20.9 Å². The number of aromatic nitrogens is 1. The minimum atomic E-state index is -0.848. The van der Waals surface area contributed by atoms with Crippen LogP contribution in [0.2, 0.25) is 0 Å². The second kappa shape index (κ2) is 17.8. The Morgan fingerprint density at radius 1 is 0.879 bits per heavy atom. The number of likely N-dealkylation sites (tertiary alicyclic amines) is 1. The second-order valence-corrected chi connectivity index (χ2v) is 15.4. The second-order valence-electron chi connectivity index (χ2n) is 15.4. The third-order valence-electron chi connectivity index (χ3n) is 11.5. The van der Waals surface area contributed by atoms with Crippen LogP contribution in [0.1, 0.15) is 57.6 Å². The predicted molar refractivity (Wildman–Crippen MR) is 218 cm³/mol. The summed E-state index contributed by atoms with van der Waals surface area (Å²) in [6, 6.07) is 30.7. The molecule has 13 heteroatoms. The van der Waals surface area contributed by atoms with Gasteiger partial charge >= 0.3 is 6.09 Å². The number of phenols is 1. The molecule has 8 rings (SSSR count). The molecule has 4 aromatic carbocycles. The standard InChI is InChI=1S/C45H49N5O8/c51-38-15-13-36(37-14-16-40(53)48-42(37)38)39(52)24-47-34-17-19-50(20-18-34)44(54)30-11-9-28(10-12-30)25-57-35-8-4-7-31(21-35)41(29-5-2-1-3-6-29)49-45(55)58-43-32-22-46-23-33(43)27-56-26-32/h1-16,21,32-34,39,41,43,46-47,51-52H,17-20,22-27H2,(H,48,53)(H,49,55). The quantitative estimate of drug-likeness (QED) is 0.103. The zero-order chi connectivity index (χ0) is 40.0. The first-order valence-electron chi connectivity index (χ1n) is 20.0. The molecule has 4 unspecified atom stereocenters. The number of carbonyl (C=O) groups is 2. The third kappa shape index (κ3) is 9.03. The summed E-state index contributed by atoms with van der Waals surface area (Å²) in [5.74, 6) is 0.826. The molecule has 0 aliphatic carbocycles. The van der Waals surface area contributed by atoms with Crippen molar-refractivity contribution in [3.05, 3.63) is 141 Å². The Balaban J connectivity index is 0.829. The number of pyridine rings is 1. The minimum absolute atomic E-state index is 0.0297. The maximum Gasteiger partial charge on any atom is 0.408 e. The molecule has 3 aliphatic rings. The maximum atomic E-state index is 13.4. The van der Waals surface area contributed by atoms with Gasteiger partial charge in [-0.05, 0) is 71.5 Å². The molecule has 3 saturated heterocycles. The van der Waals surface area contributed by atoms with E-state index in [0.717, 1.165) is 42.6 Å². The van der Waals surface area contributed by atoms with Crippen molar-refractivity contribution in [2.45, 2.75) is 43.7 Å². The van der Waals surface area contributed by atoms with E-state index in [4.69, 9.17) is 14.2 Å². The molecular weight excluding hydrogens is 739 g/mol. The highest BCUT2D eigenvalue weighted by atomic mass is 16.6. The van der Waals surface area contributed by atoms with Gasteiger partial charge in [0, 0.05) is 67.6 Å². The van der Waals surface area contributed by atoms with Crippen molar-refractivity contribution in [1.29, 1.82) is 0 Å². The number of hydrogen-bond acceptors (Lipinski definition) is 10. The number of aromatic amines is 1. The van der Waals surface area contributed by atoms with Gasteiger partial charge in [-0.1, -0.05) is 60.7 Å². The highest BCUT2D eigenvalue weighted by Gasteiger charge is 2.40. The number of aliphatic hydroxyl groups is 1. The van der Waals surface area contributed by atoms with Gasteiger partial charge in [-0.2, -0.15) is 0 Å². The number of hydrogen-bond donors (Lipinski definition) is 6. The number of nitrogens with one attached hydrogen (secondary N) is 4. The first kappa shape index (κ1) is 39.1. The number of rotatable bonds is 12. The van der Waals surface area contributed by atoms with Crippen molar-refractivity contribution in [3.8, 4) is 11.5 Å². The molecule has 4 atom stereocenters. The van der Waals surface area contributed by atoms with E-state index in [9.17, 15) is 24.6 Å². The number of alkyl carbamates (subject to hydrolysis) is 1. The number of piperidine rings is 2. The van der Waals surface area contributed by atoms with E-state index < -0.39 is 18.2 Å². The van der Waals surface area contributed by atoms with E-state index in [-0.39, 0.29) is 41.2 Å². The molecule has 302 valence electrons. The number of ether oxygens (including phenoxy) is 3. The van der Waals surface area contributed by atoms with Crippen LogP contribution in [-0.4, -0.2) is 90.2 Å². The Morgan fingerprint density at radius 3 is 2.38 bits per heavy atom. The number of benzene rings is 4. The molecule has 2 amide bonds. The van der Waals surface area contributed by atoms with Crippen molar-refractivity contribution >= 4 is 22.9 Å². The van der Waals surface area contributed by atoms with Crippen LogP contribution in [0.15, 0.2) is 108 Å². The largest absolute Gasteiger partial charge is 0.506 e. The van der Waals surface area contributed by atoms with Gasteiger partial charge in [0.15, 0.2) is 0 Å². The molecule has 3 fully saturated rings. The summed E-state index contributed by atoms with van der Waals surface area (Å²) in [5.41, 5.74) is 3.88. The van der Waals surface area contributed by atoms with Crippen molar-refractivity contribution in [1.82, 2.24) is 25.8 Å². The molecule has 2 bridgehead atoms. The lowest BCUT2D eigenvalue weighted by atomic mass is 9.86. The monoisotopic (exact) mass is 787 g/mol. The Kier molecular flexibility index (Phi) is 12.0. The Labute approximate surface area is 336 Å². The molecule has 13 nitrogen and oxygen atoms in total. The van der Waals surface area contributed by atoms with Gasteiger partial charge in [-0.3, -0.25) is 9.59 Å². The molecule has 6 N–H and O–H groups in total. The van der Waals surface area contributed by atoms with Crippen LogP contribution >= 0.6 is 0 Å². The SMILES string of the molecule is O=C(NC(c1ccccc1)c1cccc(OCc2ccc(C(=O)N3CCC(NCC(O)c4ccc(O)c5[nH]c(=O)ccc45)CC3)cc2)c1)OC1C2CNCC1COC2. The number of nitrogens with zero attached hydrogens (tertiary/aromatic N) is 1. The van der Waals surface area contributed by atoms with Crippen LogP contribution in [0, 0.1) is 11.8 Å². The van der Waals surface area contributed by atoms with Gasteiger partial charge in [0.05, 0.1) is 30.9 Å². The van der Waals surface area contributed by atoms with E-state index in [0.29, 0.717) is 67.2 Å². The summed E-state index contributed by atoms with van der Waals surface area (Å²) in [7, 11) is 0. The van der Waals surface area contributed by atoms with Crippen LogP contribution in [-0.2, 0) is 16.1 Å². The fourth-order valence-electron chi connectivity index (χ4n) is 8.32. The van der Waals surface area contributed by atoms with Crippen molar-refractivity contribution in [3.63, 3.8) is 0 Å². The van der Waals surface area contributed by atoms with E-state index in [1.54, 1.807) is 12.1 Å². The van der Waals surface area contributed by atoms with Gasteiger partial charge in [0.2, 0.25) is 5.56 Å². The average Bonchev–Trinajstić information content (AvgIpc) is 3.25. The summed E-state index contributed by atoms with van der Waals surface area (Å²) in [6.07, 6.45) is -0.0238. The van der Waals surface area contributed by atoms with Gasteiger partial charge in [-0.25, -0.2) is 4.79 Å². The Hall–Kier alpha value is -5.73. The van der Waals surface area contributed by atoms with Gasteiger partial charge < -0.3 is 50.3 Å². The number of fused-ring (bicyclic) bond motifs is 3. The van der Waals surface area contributed by atoms with Crippen LogP contribution in [0.3, 0.4) is 0 Å². The first-order chi connectivity index (χ1) is 28.3. The van der Waals surface area contributed by atoms with Gasteiger partial charge in [0.25, 0.3) is 5.91 Å². The zero-order valence-corrected chi connectivity index (χ0v) is 32.1. The molecule has 0 saturated carbocycles. The van der Waals surface area contributed by atoms with Crippen LogP contribution in [0.25, 0.3) is 10.9 Å². The molecule has 3 aliphatic heterocycles. The lowest BCUT2D eigenvalue weighted by molar-refractivity contribution is -0.0974. The maximum absolute atomic E-state index is 13.4. The van der Waals surface area contributed by atoms with Crippen molar-refractivity contribution < 1.29 is 34.0 Å². The number of H-pyrrole nitrogens is 1. The number of aliphatic hydroxyl groups excluding tert-OH is 1. The summed E-state index contributed by atoms with van der Waals surface area (Å²) in [4.78, 5) is 43.0. The average molecular weight is 788 g/mol. The Morgan fingerprint density at radius 2 is 1.62 bits per heavy atom. The molecule has 0 radical (unpaired) electrons. The van der Waals surface area contributed by atoms with Crippen LogP contribution < -0.4 is 26.2 Å². The highest BCUT2D eigenvalue weighted by molar-refractivity contribution is 5.94. The van der Waals surface area contributed by atoms with E-state index in [1.165, 1.54) is 12.1 Å². The number of aromatic hydroxyl groups is 1. The Bertz CT molecular complexity index is 2240. The third-order valence-corrected chi connectivity index (χ3v) is 11.5. The molecule has 4 heterocycles. The number of carbonyl (C=O) groups excluding carboxylic acids is 2. The number of amides is 2. The smallest absolute Gasteiger partial charge is 0.408 e. The highest BCUT2D eigenvalue weighted by Crippen LogP contribution is 2.31. The fraction of sp³-hybridized carbons (Fsp3) is 0.356.